The van der Waals surface area contributed by atoms with Gasteiger partial charge in [-0.05, 0) is 35.7 Å². The summed E-state index contributed by atoms with van der Waals surface area (Å²) in [6.45, 7) is 0.309. The Hall–Kier alpha value is -1.16. The van der Waals surface area contributed by atoms with Gasteiger partial charge < -0.3 is 9.47 Å². The van der Waals surface area contributed by atoms with E-state index < -0.39 is 0 Å². The van der Waals surface area contributed by atoms with Crippen LogP contribution in [0.4, 0.5) is 4.79 Å². The predicted octanol–water partition coefficient (Wildman–Crippen LogP) is 2.69. The molecule has 4 heteroatoms. The van der Waals surface area contributed by atoms with E-state index in [0.717, 1.165) is 23.1 Å². The number of methoxy groups -OCH3 is 1. The average Bonchev–Trinajstić information content (AvgIpc) is 2.26. The van der Waals surface area contributed by atoms with Gasteiger partial charge in [0.15, 0.2) is 0 Å². The highest BCUT2D eigenvalue weighted by atomic mass is 32.2. The van der Waals surface area contributed by atoms with E-state index in [1.807, 2.05) is 24.3 Å². The predicted molar refractivity (Wildman–Crippen MR) is 56.7 cm³/mol. The van der Waals surface area contributed by atoms with Crippen LogP contribution in [-0.2, 0) is 11.3 Å². The molecule has 0 atom stereocenters. The Balaban J connectivity index is 2.47. The van der Waals surface area contributed by atoms with Gasteiger partial charge in [-0.1, -0.05) is 12.1 Å². The molecule has 0 N–H and O–H groups in total. The molecule has 0 aliphatic heterocycles. The van der Waals surface area contributed by atoms with Crippen LogP contribution in [-0.4, -0.2) is 18.7 Å². The maximum Gasteiger partial charge on any atom is 0.367 e. The lowest BCUT2D eigenvalue weighted by molar-refractivity contribution is 0.169. The third kappa shape index (κ3) is 3.30. The van der Waals surface area contributed by atoms with Gasteiger partial charge in [0.1, 0.15) is 12.4 Å². The smallest absolute Gasteiger partial charge is 0.367 e. The molecule has 0 radical (unpaired) electrons. The Bertz CT molecular complexity index is 295. The van der Waals surface area contributed by atoms with Crippen LogP contribution in [0, 0.1) is 0 Å². The number of carbonyl (C=O) groups is 1. The standard InChI is InChI=1S/C10H12O3S/c1-12-9-5-3-8(4-6-9)7-13-10(11)14-2/h3-6H,7H2,1-2H3. The third-order valence-electron chi connectivity index (χ3n) is 1.68. The quantitative estimate of drug-likeness (QED) is 0.722. The minimum absolute atomic E-state index is 0.263. The Morgan fingerprint density at radius 1 is 1.36 bits per heavy atom. The zero-order chi connectivity index (χ0) is 10.4. The van der Waals surface area contributed by atoms with Crippen molar-refractivity contribution in [1.29, 1.82) is 0 Å². The lowest BCUT2D eigenvalue weighted by Gasteiger charge is -2.03. The molecule has 0 spiro atoms. The molecule has 0 saturated carbocycles. The van der Waals surface area contributed by atoms with Crippen LogP contribution in [0.2, 0.25) is 0 Å². The van der Waals surface area contributed by atoms with E-state index in [4.69, 9.17) is 9.47 Å². The van der Waals surface area contributed by atoms with E-state index >= 15 is 0 Å². The summed E-state index contributed by atoms with van der Waals surface area (Å²) < 4.78 is 9.94. The Morgan fingerprint density at radius 2 is 2.00 bits per heavy atom. The van der Waals surface area contributed by atoms with Crippen molar-refractivity contribution in [3.8, 4) is 5.75 Å². The van der Waals surface area contributed by atoms with Gasteiger partial charge in [0, 0.05) is 0 Å². The molecular formula is C10H12O3S. The Labute approximate surface area is 87.4 Å². The molecule has 1 aromatic carbocycles. The van der Waals surface area contributed by atoms with E-state index in [0.29, 0.717) is 6.61 Å². The minimum atomic E-state index is -0.263. The summed E-state index contributed by atoms with van der Waals surface area (Å²) in [6.07, 6.45) is 1.69. The van der Waals surface area contributed by atoms with Crippen LogP contribution >= 0.6 is 11.8 Å². The van der Waals surface area contributed by atoms with E-state index in [2.05, 4.69) is 0 Å². The number of thioether (sulfide) groups is 1. The lowest BCUT2D eigenvalue weighted by Crippen LogP contribution is -1.97. The van der Waals surface area contributed by atoms with Gasteiger partial charge in [-0.15, -0.1) is 0 Å². The fourth-order valence-corrected chi connectivity index (χ4v) is 1.10. The second kappa shape index (κ2) is 5.54. The van der Waals surface area contributed by atoms with Gasteiger partial charge in [-0.25, -0.2) is 4.79 Å². The molecule has 0 bridgehead atoms. The first kappa shape index (κ1) is 10.9. The van der Waals surface area contributed by atoms with Gasteiger partial charge in [-0.2, -0.15) is 0 Å². The van der Waals surface area contributed by atoms with Crippen LogP contribution in [0.3, 0.4) is 0 Å². The van der Waals surface area contributed by atoms with Crippen molar-refractivity contribution < 1.29 is 14.3 Å². The molecule has 3 nitrogen and oxygen atoms in total. The maximum absolute atomic E-state index is 10.8. The second-order valence-electron chi connectivity index (χ2n) is 2.59. The van der Waals surface area contributed by atoms with E-state index in [-0.39, 0.29) is 5.30 Å². The molecular weight excluding hydrogens is 200 g/mol. The highest BCUT2D eigenvalue weighted by molar-refractivity contribution is 8.12. The van der Waals surface area contributed by atoms with Crippen molar-refractivity contribution in [2.45, 2.75) is 6.61 Å². The summed E-state index contributed by atoms with van der Waals surface area (Å²) in [5, 5.41) is -0.263. The van der Waals surface area contributed by atoms with Crippen LogP contribution in [0.5, 0.6) is 5.75 Å². The zero-order valence-electron chi connectivity index (χ0n) is 8.15. The SMILES string of the molecule is COc1ccc(COC(=O)SC)cc1. The normalized spacial score (nSPS) is 9.57. The molecule has 0 aromatic heterocycles. The number of hydrogen-bond acceptors (Lipinski definition) is 4. The topological polar surface area (TPSA) is 35.5 Å². The first-order chi connectivity index (χ1) is 6.76. The number of ether oxygens (including phenoxy) is 2. The van der Waals surface area contributed by atoms with Gasteiger partial charge in [0.25, 0.3) is 0 Å². The molecule has 0 heterocycles. The molecule has 14 heavy (non-hydrogen) atoms. The molecule has 0 amide bonds. The molecule has 0 fully saturated rings. The zero-order valence-corrected chi connectivity index (χ0v) is 8.97. The van der Waals surface area contributed by atoms with Crippen molar-refractivity contribution in [3.63, 3.8) is 0 Å². The number of carbonyl (C=O) groups excluding carboxylic acids is 1. The second-order valence-corrected chi connectivity index (χ2v) is 3.33. The first-order valence-electron chi connectivity index (χ1n) is 4.10. The maximum atomic E-state index is 10.8. The van der Waals surface area contributed by atoms with Crippen molar-refractivity contribution >= 4 is 17.1 Å². The summed E-state index contributed by atoms with van der Waals surface area (Å²) >= 11 is 1.07. The molecule has 76 valence electrons. The van der Waals surface area contributed by atoms with Gasteiger partial charge >= 0.3 is 5.30 Å². The fraction of sp³-hybridized carbons (Fsp3) is 0.300. The monoisotopic (exact) mass is 212 g/mol. The molecule has 1 rings (SSSR count). The number of hydrogen-bond donors (Lipinski definition) is 0. The summed E-state index contributed by atoms with van der Waals surface area (Å²) in [4.78, 5) is 10.8. The van der Waals surface area contributed by atoms with Crippen molar-refractivity contribution in [1.82, 2.24) is 0 Å². The molecule has 0 unspecified atom stereocenters. The Morgan fingerprint density at radius 3 is 2.50 bits per heavy atom. The minimum Gasteiger partial charge on any atom is -0.497 e. The molecule has 1 aromatic rings. The number of rotatable bonds is 3. The highest BCUT2D eigenvalue weighted by Gasteiger charge is 2.00. The first-order valence-corrected chi connectivity index (χ1v) is 5.32. The number of benzene rings is 1. The van der Waals surface area contributed by atoms with E-state index in [1.165, 1.54) is 0 Å². The van der Waals surface area contributed by atoms with Gasteiger partial charge in [0.05, 0.1) is 7.11 Å². The lowest BCUT2D eigenvalue weighted by atomic mass is 10.2. The van der Waals surface area contributed by atoms with Gasteiger partial charge in [-0.3, -0.25) is 0 Å². The molecule has 0 saturated heterocycles. The Kier molecular flexibility index (Phi) is 4.32. The van der Waals surface area contributed by atoms with Crippen LogP contribution in [0.1, 0.15) is 5.56 Å². The van der Waals surface area contributed by atoms with Crippen molar-refractivity contribution in [3.05, 3.63) is 29.8 Å². The van der Waals surface area contributed by atoms with E-state index in [1.54, 1.807) is 13.4 Å². The van der Waals surface area contributed by atoms with Gasteiger partial charge in [0.2, 0.25) is 0 Å². The average molecular weight is 212 g/mol. The van der Waals surface area contributed by atoms with Crippen LogP contribution < -0.4 is 4.74 Å². The summed E-state index contributed by atoms with van der Waals surface area (Å²) in [5.41, 5.74) is 0.952. The summed E-state index contributed by atoms with van der Waals surface area (Å²) in [5.74, 6) is 0.796. The fourth-order valence-electron chi connectivity index (χ4n) is 0.923. The van der Waals surface area contributed by atoms with E-state index in [9.17, 15) is 4.79 Å². The van der Waals surface area contributed by atoms with Crippen molar-refractivity contribution in [2.75, 3.05) is 13.4 Å². The largest absolute Gasteiger partial charge is 0.497 e. The third-order valence-corrected chi connectivity index (χ3v) is 2.13. The van der Waals surface area contributed by atoms with Crippen molar-refractivity contribution in [2.24, 2.45) is 0 Å². The summed E-state index contributed by atoms with van der Waals surface area (Å²) in [6, 6.07) is 7.41. The van der Waals surface area contributed by atoms with Crippen LogP contribution in [0.15, 0.2) is 24.3 Å². The highest BCUT2D eigenvalue weighted by Crippen LogP contribution is 2.12. The molecule has 0 aliphatic carbocycles. The summed E-state index contributed by atoms with van der Waals surface area (Å²) in [7, 11) is 1.61. The van der Waals surface area contributed by atoms with Crippen LogP contribution in [0.25, 0.3) is 0 Å². The molecule has 0 aliphatic rings.